The van der Waals surface area contributed by atoms with Gasteiger partial charge in [0, 0.05) is 6.54 Å². The van der Waals surface area contributed by atoms with Crippen LogP contribution in [0.15, 0.2) is 18.2 Å². The third-order valence-corrected chi connectivity index (χ3v) is 2.64. The van der Waals surface area contributed by atoms with E-state index >= 15 is 0 Å². The average Bonchev–Trinajstić information content (AvgIpc) is 2.21. The summed E-state index contributed by atoms with van der Waals surface area (Å²) in [7, 11) is 0. The molecule has 1 aromatic rings. The van der Waals surface area contributed by atoms with Crippen LogP contribution in [0.4, 0.5) is 5.69 Å². The number of likely N-dealkylation sites (N-methyl/N-ethyl adjacent to an activating group) is 1. The molecular weight excluding hydrogens is 190 g/mol. The molecule has 1 atom stereocenters. The zero-order valence-electron chi connectivity index (χ0n) is 9.28. The molecule has 2 rings (SSSR count). The number of aryl methyl sites for hydroxylation is 1. The van der Waals surface area contributed by atoms with Crippen LogP contribution in [0.2, 0.25) is 0 Å². The second-order valence-corrected chi connectivity index (χ2v) is 3.81. The van der Waals surface area contributed by atoms with Gasteiger partial charge in [-0.2, -0.15) is 0 Å². The minimum Gasteiger partial charge on any atom is -0.479 e. The van der Waals surface area contributed by atoms with Crippen LogP contribution < -0.4 is 9.64 Å². The number of amides is 1. The average molecular weight is 205 g/mol. The fourth-order valence-electron chi connectivity index (χ4n) is 1.84. The molecule has 1 heterocycles. The molecule has 3 heteroatoms. The Hall–Kier alpha value is -1.51. The van der Waals surface area contributed by atoms with Crippen LogP contribution in [0, 0.1) is 6.92 Å². The lowest BCUT2D eigenvalue weighted by atomic mass is 10.1. The predicted molar refractivity (Wildman–Crippen MR) is 59.3 cm³/mol. The topological polar surface area (TPSA) is 29.5 Å². The summed E-state index contributed by atoms with van der Waals surface area (Å²) in [5.74, 6) is 0.838. The number of rotatable bonds is 1. The van der Waals surface area contributed by atoms with Gasteiger partial charge in [-0.3, -0.25) is 4.79 Å². The number of carbonyl (C=O) groups is 1. The van der Waals surface area contributed by atoms with E-state index in [1.165, 1.54) is 0 Å². The van der Waals surface area contributed by atoms with Gasteiger partial charge in [0.25, 0.3) is 5.91 Å². The molecule has 0 aromatic heterocycles. The van der Waals surface area contributed by atoms with E-state index in [0.717, 1.165) is 17.0 Å². The van der Waals surface area contributed by atoms with Crippen LogP contribution in [-0.2, 0) is 4.79 Å². The standard InChI is InChI=1S/C12H15NO2/c1-4-13-10-7-8(2)5-6-11(10)15-9(3)12(13)14/h5-7,9H,4H2,1-3H3. The molecule has 1 amide bonds. The maximum atomic E-state index is 11.8. The van der Waals surface area contributed by atoms with Gasteiger partial charge in [0.2, 0.25) is 0 Å². The highest BCUT2D eigenvalue weighted by Crippen LogP contribution is 2.34. The number of carbonyl (C=O) groups excluding carboxylic acids is 1. The lowest BCUT2D eigenvalue weighted by Crippen LogP contribution is -2.44. The maximum Gasteiger partial charge on any atom is 0.267 e. The van der Waals surface area contributed by atoms with Gasteiger partial charge < -0.3 is 9.64 Å². The van der Waals surface area contributed by atoms with Crippen molar-refractivity contribution in [2.45, 2.75) is 26.9 Å². The number of anilines is 1. The molecule has 0 spiro atoms. The first-order valence-corrected chi connectivity index (χ1v) is 5.22. The Balaban J connectivity index is 2.51. The molecule has 0 aliphatic carbocycles. The lowest BCUT2D eigenvalue weighted by Gasteiger charge is -2.32. The lowest BCUT2D eigenvalue weighted by molar-refractivity contribution is -0.125. The van der Waals surface area contributed by atoms with Gasteiger partial charge in [-0.05, 0) is 38.5 Å². The molecule has 1 aliphatic rings. The molecular formula is C12H15NO2. The largest absolute Gasteiger partial charge is 0.479 e. The predicted octanol–water partition coefficient (Wildman–Crippen LogP) is 2.13. The minimum atomic E-state index is -0.375. The van der Waals surface area contributed by atoms with E-state index in [-0.39, 0.29) is 12.0 Å². The van der Waals surface area contributed by atoms with Crippen molar-refractivity contribution in [1.82, 2.24) is 0 Å². The number of fused-ring (bicyclic) bond motifs is 1. The highest BCUT2D eigenvalue weighted by molar-refractivity contribution is 5.99. The summed E-state index contributed by atoms with van der Waals surface area (Å²) >= 11 is 0. The molecule has 0 radical (unpaired) electrons. The molecule has 0 N–H and O–H groups in total. The van der Waals surface area contributed by atoms with Crippen molar-refractivity contribution in [2.75, 3.05) is 11.4 Å². The second-order valence-electron chi connectivity index (χ2n) is 3.81. The quantitative estimate of drug-likeness (QED) is 0.703. The third kappa shape index (κ3) is 1.58. The molecule has 15 heavy (non-hydrogen) atoms. The van der Waals surface area contributed by atoms with Gasteiger partial charge in [0.15, 0.2) is 6.10 Å². The van der Waals surface area contributed by atoms with E-state index in [1.807, 2.05) is 32.0 Å². The normalized spacial score (nSPS) is 19.8. The van der Waals surface area contributed by atoms with Crippen molar-refractivity contribution in [3.05, 3.63) is 23.8 Å². The fourth-order valence-corrected chi connectivity index (χ4v) is 1.84. The molecule has 80 valence electrons. The van der Waals surface area contributed by atoms with Gasteiger partial charge >= 0.3 is 0 Å². The Kier molecular flexibility index (Phi) is 2.39. The molecule has 1 aliphatic heterocycles. The summed E-state index contributed by atoms with van der Waals surface area (Å²) in [5.41, 5.74) is 2.03. The zero-order chi connectivity index (χ0) is 11.0. The van der Waals surface area contributed by atoms with Crippen LogP contribution in [0.3, 0.4) is 0 Å². The summed E-state index contributed by atoms with van der Waals surface area (Å²) in [6, 6.07) is 5.91. The number of hydrogen-bond acceptors (Lipinski definition) is 2. The summed E-state index contributed by atoms with van der Waals surface area (Å²) < 4.78 is 5.54. The Labute approximate surface area is 89.7 Å². The molecule has 0 bridgehead atoms. The van der Waals surface area contributed by atoms with Crippen molar-refractivity contribution in [1.29, 1.82) is 0 Å². The maximum absolute atomic E-state index is 11.8. The number of hydrogen-bond donors (Lipinski definition) is 0. The van der Waals surface area contributed by atoms with Crippen molar-refractivity contribution >= 4 is 11.6 Å². The van der Waals surface area contributed by atoms with Crippen LogP contribution in [-0.4, -0.2) is 18.6 Å². The summed E-state index contributed by atoms with van der Waals surface area (Å²) in [6.07, 6.45) is -0.375. The van der Waals surface area contributed by atoms with E-state index in [9.17, 15) is 4.79 Å². The molecule has 0 saturated carbocycles. The van der Waals surface area contributed by atoms with Gasteiger partial charge in [-0.15, -0.1) is 0 Å². The van der Waals surface area contributed by atoms with Crippen molar-refractivity contribution in [3.8, 4) is 5.75 Å². The molecule has 1 unspecified atom stereocenters. The first kappa shape index (κ1) is 10.0. The van der Waals surface area contributed by atoms with Gasteiger partial charge in [-0.25, -0.2) is 0 Å². The van der Waals surface area contributed by atoms with E-state index in [1.54, 1.807) is 11.8 Å². The van der Waals surface area contributed by atoms with Crippen LogP contribution in [0.5, 0.6) is 5.75 Å². The van der Waals surface area contributed by atoms with Gasteiger partial charge in [0.1, 0.15) is 5.75 Å². The van der Waals surface area contributed by atoms with E-state index in [4.69, 9.17) is 4.74 Å². The molecule has 3 nitrogen and oxygen atoms in total. The molecule has 0 fully saturated rings. The monoisotopic (exact) mass is 205 g/mol. The Bertz CT molecular complexity index is 401. The number of ether oxygens (including phenoxy) is 1. The molecule has 1 aromatic carbocycles. The smallest absolute Gasteiger partial charge is 0.267 e. The SMILES string of the molecule is CCN1C(=O)C(C)Oc2ccc(C)cc21. The molecule has 0 saturated heterocycles. The van der Waals surface area contributed by atoms with Gasteiger partial charge in [0.05, 0.1) is 5.69 Å². The fraction of sp³-hybridized carbons (Fsp3) is 0.417. The zero-order valence-corrected chi connectivity index (χ0v) is 9.28. The Morgan fingerprint density at radius 1 is 1.47 bits per heavy atom. The summed E-state index contributed by atoms with van der Waals surface area (Å²) in [6.45, 7) is 6.45. The highest BCUT2D eigenvalue weighted by atomic mass is 16.5. The third-order valence-electron chi connectivity index (χ3n) is 2.64. The van der Waals surface area contributed by atoms with Crippen molar-refractivity contribution in [3.63, 3.8) is 0 Å². The Morgan fingerprint density at radius 3 is 2.87 bits per heavy atom. The minimum absolute atomic E-state index is 0.0376. The number of benzene rings is 1. The van der Waals surface area contributed by atoms with Crippen molar-refractivity contribution in [2.24, 2.45) is 0 Å². The van der Waals surface area contributed by atoms with Crippen LogP contribution in [0.25, 0.3) is 0 Å². The Morgan fingerprint density at radius 2 is 2.20 bits per heavy atom. The van der Waals surface area contributed by atoms with Crippen molar-refractivity contribution < 1.29 is 9.53 Å². The van der Waals surface area contributed by atoms with Crippen LogP contribution >= 0.6 is 0 Å². The second kappa shape index (κ2) is 3.57. The van der Waals surface area contributed by atoms with E-state index < -0.39 is 0 Å². The first-order valence-electron chi connectivity index (χ1n) is 5.22. The van der Waals surface area contributed by atoms with E-state index in [0.29, 0.717) is 6.54 Å². The highest BCUT2D eigenvalue weighted by Gasteiger charge is 2.30. The summed E-state index contributed by atoms with van der Waals surface area (Å²) in [5, 5.41) is 0. The van der Waals surface area contributed by atoms with Crippen LogP contribution in [0.1, 0.15) is 19.4 Å². The van der Waals surface area contributed by atoms with Gasteiger partial charge in [-0.1, -0.05) is 6.07 Å². The number of nitrogens with zero attached hydrogens (tertiary/aromatic N) is 1. The summed E-state index contributed by atoms with van der Waals surface area (Å²) in [4.78, 5) is 13.6. The first-order chi connectivity index (χ1) is 7.13. The van der Waals surface area contributed by atoms with E-state index in [2.05, 4.69) is 0 Å².